The Labute approximate surface area is 127 Å². The molecule has 0 atom stereocenters. The Morgan fingerprint density at radius 1 is 1.00 bits per heavy atom. The van der Waals surface area contributed by atoms with Gasteiger partial charge in [0.25, 0.3) is 0 Å². The number of hydrogen-bond acceptors (Lipinski definition) is 3. The maximum atomic E-state index is 12.0. The molecule has 0 amide bonds. The number of anilines is 1. The largest absolute Gasteiger partial charge is 0.397 e. The average Bonchev–Trinajstić information content (AvgIpc) is 2.28. The minimum atomic E-state index is -0.465. The van der Waals surface area contributed by atoms with E-state index >= 15 is 0 Å². The number of ketones is 2. The van der Waals surface area contributed by atoms with Crippen LogP contribution in [0, 0.1) is 0 Å². The lowest BCUT2D eigenvalue weighted by molar-refractivity contribution is 0.0988. The maximum Gasteiger partial charge on any atom is 0.208 e. The molecule has 7 heteroatoms. The second kappa shape index (κ2) is 4.50. The molecule has 0 saturated heterocycles. The zero-order chi connectivity index (χ0) is 12.9. The fraction of sp³-hybridized carbons (Fsp3) is 0. The molecule has 2 rings (SSSR count). The van der Waals surface area contributed by atoms with Crippen LogP contribution in [0.25, 0.3) is 0 Å². The molecule has 0 spiro atoms. The van der Waals surface area contributed by atoms with Crippen molar-refractivity contribution in [1.82, 2.24) is 0 Å². The highest BCUT2D eigenvalue weighted by atomic mass is 79.9. The van der Waals surface area contributed by atoms with Crippen LogP contribution in [0.5, 0.6) is 0 Å². The van der Waals surface area contributed by atoms with Crippen LogP contribution in [0.15, 0.2) is 24.5 Å². The molecule has 0 fully saturated rings. The highest BCUT2D eigenvalue weighted by molar-refractivity contribution is 9.12. The number of carbonyl (C=O) groups is 2. The minimum absolute atomic E-state index is 0.0547. The molecule has 0 unspecified atom stereocenters. The number of rotatable bonds is 0. The van der Waals surface area contributed by atoms with Crippen molar-refractivity contribution in [1.29, 1.82) is 0 Å². The molecule has 1 aliphatic rings. The standard InChI is InChI=1S/C10H3Br3ClNO2/c11-2-1-3(12)8(15)5-4(2)9(16)6(13)7(14)10(5)17/h1H,15H2. The molecule has 17 heavy (non-hydrogen) atoms. The minimum Gasteiger partial charge on any atom is -0.397 e. The van der Waals surface area contributed by atoms with E-state index in [1.807, 2.05) is 0 Å². The fourth-order valence-electron chi connectivity index (χ4n) is 1.51. The topological polar surface area (TPSA) is 60.2 Å². The summed E-state index contributed by atoms with van der Waals surface area (Å²) in [6.07, 6.45) is 0. The van der Waals surface area contributed by atoms with E-state index in [0.717, 1.165) is 0 Å². The van der Waals surface area contributed by atoms with Crippen LogP contribution in [-0.2, 0) is 0 Å². The molecule has 88 valence electrons. The van der Waals surface area contributed by atoms with Crippen molar-refractivity contribution in [3.8, 4) is 0 Å². The Morgan fingerprint density at radius 2 is 1.59 bits per heavy atom. The van der Waals surface area contributed by atoms with Gasteiger partial charge in [0.05, 0.1) is 21.3 Å². The van der Waals surface area contributed by atoms with E-state index in [9.17, 15) is 9.59 Å². The van der Waals surface area contributed by atoms with Gasteiger partial charge in [-0.3, -0.25) is 9.59 Å². The molecule has 0 saturated carbocycles. The summed E-state index contributed by atoms with van der Waals surface area (Å²) in [6, 6.07) is 1.62. The summed E-state index contributed by atoms with van der Waals surface area (Å²) in [5.74, 6) is -0.830. The zero-order valence-electron chi connectivity index (χ0n) is 7.98. The predicted molar refractivity (Wildman–Crippen MR) is 76.7 cm³/mol. The Hall–Kier alpha value is -0.170. The van der Waals surface area contributed by atoms with Crippen LogP contribution in [0.2, 0.25) is 0 Å². The molecule has 2 N–H and O–H groups in total. The van der Waals surface area contributed by atoms with Gasteiger partial charge >= 0.3 is 0 Å². The first-order valence-corrected chi connectivity index (χ1v) is 7.04. The molecule has 3 nitrogen and oxygen atoms in total. The lowest BCUT2D eigenvalue weighted by Crippen LogP contribution is -2.20. The summed E-state index contributed by atoms with van der Waals surface area (Å²) >= 11 is 15.3. The number of nitrogens with two attached hydrogens (primary N) is 1. The Morgan fingerprint density at radius 3 is 2.18 bits per heavy atom. The molecule has 1 aromatic carbocycles. The number of benzene rings is 1. The molecular formula is C10H3Br3ClNO2. The monoisotopic (exact) mass is 441 g/mol. The van der Waals surface area contributed by atoms with Gasteiger partial charge in [-0.05, 0) is 53.9 Å². The van der Waals surface area contributed by atoms with Gasteiger partial charge in [-0.2, -0.15) is 0 Å². The quantitative estimate of drug-likeness (QED) is 0.616. The van der Waals surface area contributed by atoms with Crippen LogP contribution < -0.4 is 5.73 Å². The van der Waals surface area contributed by atoms with Crippen LogP contribution >= 0.6 is 59.4 Å². The number of fused-ring (bicyclic) bond motifs is 1. The molecule has 0 bridgehead atoms. The Balaban J connectivity index is 2.90. The van der Waals surface area contributed by atoms with E-state index in [0.29, 0.717) is 8.95 Å². The van der Waals surface area contributed by atoms with Crippen molar-refractivity contribution in [3.05, 3.63) is 35.7 Å². The van der Waals surface area contributed by atoms with Gasteiger partial charge in [-0.1, -0.05) is 11.6 Å². The van der Waals surface area contributed by atoms with Crippen molar-refractivity contribution in [2.45, 2.75) is 0 Å². The van der Waals surface area contributed by atoms with E-state index in [-0.39, 0.29) is 32.1 Å². The zero-order valence-corrected chi connectivity index (χ0v) is 13.5. The summed E-state index contributed by atoms with van der Waals surface area (Å²) in [7, 11) is 0. The van der Waals surface area contributed by atoms with Gasteiger partial charge in [0.1, 0.15) is 5.03 Å². The van der Waals surface area contributed by atoms with Crippen molar-refractivity contribution in [2.24, 2.45) is 0 Å². The molecule has 1 aromatic rings. The van der Waals surface area contributed by atoms with Gasteiger partial charge in [-0.25, -0.2) is 0 Å². The first-order chi connectivity index (χ1) is 7.86. The second-order valence-corrected chi connectivity index (χ2v) is 6.17. The first-order valence-electron chi connectivity index (χ1n) is 4.28. The number of halogens is 4. The lowest BCUT2D eigenvalue weighted by Gasteiger charge is -2.18. The Bertz CT molecular complexity index is 610. The molecular weight excluding hydrogens is 441 g/mol. The average molecular weight is 444 g/mol. The normalized spacial score (nSPS) is 15.3. The summed E-state index contributed by atoms with van der Waals surface area (Å²) in [6.45, 7) is 0. The third-order valence-electron chi connectivity index (χ3n) is 2.31. The SMILES string of the molecule is Nc1c(Br)cc(Br)c2c1C(=O)C(Cl)=C(Br)C2=O. The summed E-state index contributed by atoms with van der Waals surface area (Å²) in [4.78, 5) is 24.0. The van der Waals surface area contributed by atoms with E-state index in [1.165, 1.54) is 0 Å². The van der Waals surface area contributed by atoms with E-state index in [1.54, 1.807) is 6.07 Å². The molecule has 0 radical (unpaired) electrons. The third kappa shape index (κ3) is 1.91. The van der Waals surface area contributed by atoms with Gasteiger partial charge in [-0.15, -0.1) is 0 Å². The fourth-order valence-corrected chi connectivity index (χ4v) is 3.41. The third-order valence-corrected chi connectivity index (χ3v) is 4.94. The highest BCUT2D eigenvalue weighted by Gasteiger charge is 2.34. The summed E-state index contributed by atoms with van der Waals surface area (Å²) in [5, 5.41) is -0.154. The number of Topliss-reactive ketones (excluding diaryl/α,β-unsaturated/α-hetero) is 2. The molecule has 1 aliphatic carbocycles. The summed E-state index contributed by atoms with van der Waals surface area (Å²) in [5.41, 5.74) is 6.36. The first kappa shape index (κ1) is 13.3. The van der Waals surface area contributed by atoms with E-state index < -0.39 is 5.78 Å². The molecule has 0 aliphatic heterocycles. The van der Waals surface area contributed by atoms with Crippen LogP contribution in [-0.4, -0.2) is 11.6 Å². The van der Waals surface area contributed by atoms with Crippen molar-refractivity contribution in [2.75, 3.05) is 5.73 Å². The van der Waals surface area contributed by atoms with E-state index in [4.69, 9.17) is 17.3 Å². The maximum absolute atomic E-state index is 12.0. The van der Waals surface area contributed by atoms with Gasteiger partial charge in [0.15, 0.2) is 0 Å². The van der Waals surface area contributed by atoms with Crippen molar-refractivity contribution < 1.29 is 9.59 Å². The summed E-state index contributed by atoms with van der Waals surface area (Å²) < 4.78 is 1.08. The van der Waals surface area contributed by atoms with Gasteiger partial charge in [0.2, 0.25) is 11.6 Å². The molecule has 0 heterocycles. The number of carbonyl (C=O) groups excluding carboxylic acids is 2. The van der Waals surface area contributed by atoms with Crippen LogP contribution in [0.1, 0.15) is 20.7 Å². The van der Waals surface area contributed by atoms with Gasteiger partial charge < -0.3 is 5.73 Å². The predicted octanol–water partition coefficient (Wildman–Crippen LogP) is 4.02. The highest BCUT2D eigenvalue weighted by Crippen LogP contribution is 2.40. The Kier molecular flexibility index (Phi) is 3.51. The van der Waals surface area contributed by atoms with Crippen LogP contribution in [0.4, 0.5) is 5.69 Å². The van der Waals surface area contributed by atoms with Crippen molar-refractivity contribution >= 4 is 76.6 Å². The lowest BCUT2D eigenvalue weighted by atomic mass is 9.93. The second-order valence-electron chi connectivity index (χ2n) is 3.29. The van der Waals surface area contributed by atoms with Crippen molar-refractivity contribution in [3.63, 3.8) is 0 Å². The number of nitrogen functional groups attached to an aromatic ring is 1. The van der Waals surface area contributed by atoms with E-state index in [2.05, 4.69) is 47.8 Å². The smallest absolute Gasteiger partial charge is 0.208 e. The van der Waals surface area contributed by atoms with Crippen LogP contribution in [0.3, 0.4) is 0 Å². The number of hydrogen-bond donors (Lipinski definition) is 1. The number of allylic oxidation sites excluding steroid dienone is 2. The molecule has 0 aromatic heterocycles. The van der Waals surface area contributed by atoms with Gasteiger partial charge in [0, 0.05) is 8.95 Å².